The minimum Gasteiger partial charge on any atom is -0.748 e. The van der Waals surface area contributed by atoms with Crippen LogP contribution in [0.4, 0.5) is 4.39 Å². The van der Waals surface area contributed by atoms with Crippen molar-refractivity contribution in [3.8, 4) is 6.07 Å². The summed E-state index contributed by atoms with van der Waals surface area (Å²) >= 11 is 0. The molecule has 0 aliphatic heterocycles. The van der Waals surface area contributed by atoms with E-state index in [-0.39, 0.29) is 70.6 Å². The number of nitriles is 1. The van der Waals surface area contributed by atoms with Crippen LogP contribution >= 0.6 is 0 Å². The average molecular weight is 308 g/mol. The van der Waals surface area contributed by atoms with E-state index in [1.54, 1.807) is 24.3 Å². The van der Waals surface area contributed by atoms with Crippen molar-refractivity contribution in [1.82, 2.24) is 0 Å². The summed E-state index contributed by atoms with van der Waals surface area (Å²) in [5.74, 6) is 0. The second-order valence-corrected chi connectivity index (χ2v) is 5.61. The Morgan fingerprint density at radius 1 is 1.32 bits per heavy atom. The Kier molecular flexibility index (Phi) is 9.27. The predicted octanol–water partition coefficient (Wildman–Crippen LogP) is -1.23. The van der Waals surface area contributed by atoms with Gasteiger partial charge in [-0.2, -0.15) is 5.26 Å². The normalized spacial score (nSPS) is 12.3. The molecule has 19 heavy (non-hydrogen) atoms. The maximum absolute atomic E-state index is 12.0. The van der Waals surface area contributed by atoms with Crippen molar-refractivity contribution in [2.45, 2.75) is 24.5 Å². The molecule has 0 heterocycles. The Balaban J connectivity index is 0.00000324. The fourth-order valence-corrected chi connectivity index (χ4v) is 2.48. The van der Waals surface area contributed by atoms with E-state index in [1.807, 2.05) is 6.07 Å². The molecule has 1 aromatic carbocycles. The Hall–Kier alpha value is 0.186. The van der Waals surface area contributed by atoms with Crippen molar-refractivity contribution >= 4 is 10.1 Å². The molecule has 0 fully saturated rings. The van der Waals surface area contributed by atoms with Gasteiger partial charge in [0, 0.05) is 0 Å². The van der Waals surface area contributed by atoms with Crippen LogP contribution in [0.15, 0.2) is 24.3 Å². The van der Waals surface area contributed by atoms with Gasteiger partial charge in [0.05, 0.1) is 33.7 Å². The quantitative estimate of drug-likeness (QED) is 0.487. The molecule has 0 aliphatic carbocycles. The molecule has 4 nitrogen and oxygen atoms in total. The molecule has 98 valence electrons. The van der Waals surface area contributed by atoms with Gasteiger partial charge >= 0.3 is 51.4 Å². The number of hydrogen-bond donors (Lipinski definition) is 0. The zero-order chi connectivity index (χ0) is 13.6. The molecule has 0 saturated carbocycles. The van der Waals surface area contributed by atoms with Gasteiger partial charge in [0.2, 0.25) is 0 Å². The summed E-state index contributed by atoms with van der Waals surface area (Å²) in [7, 11) is -4.43. The molecule has 0 N–H and O–H groups in total. The first-order chi connectivity index (χ1) is 8.47. The van der Waals surface area contributed by atoms with Gasteiger partial charge in [0.1, 0.15) is 0 Å². The van der Waals surface area contributed by atoms with Crippen molar-refractivity contribution in [3.05, 3.63) is 35.4 Å². The van der Waals surface area contributed by atoms with Crippen molar-refractivity contribution < 1.29 is 68.7 Å². The van der Waals surface area contributed by atoms with Crippen LogP contribution in [-0.2, 0) is 16.5 Å². The zero-order valence-electron chi connectivity index (χ0n) is 10.7. The Bertz CT molecular complexity index is 525. The van der Waals surface area contributed by atoms with Gasteiger partial charge in [-0.1, -0.05) is 12.1 Å². The smallest absolute Gasteiger partial charge is 0.748 e. The fraction of sp³-hybridized carbons (Fsp3) is 0.417. The Morgan fingerprint density at radius 3 is 2.32 bits per heavy atom. The molecule has 0 saturated heterocycles. The van der Waals surface area contributed by atoms with E-state index in [2.05, 4.69) is 0 Å². The number of rotatable bonds is 6. The van der Waals surface area contributed by atoms with Crippen molar-refractivity contribution in [2.24, 2.45) is 0 Å². The van der Waals surface area contributed by atoms with Crippen LogP contribution in [0.2, 0.25) is 0 Å². The van der Waals surface area contributed by atoms with Crippen molar-refractivity contribution in [1.29, 1.82) is 5.26 Å². The largest absolute Gasteiger partial charge is 1.00 e. The number of benzene rings is 1. The van der Waals surface area contributed by atoms with Gasteiger partial charge < -0.3 is 4.55 Å². The van der Waals surface area contributed by atoms with Crippen molar-refractivity contribution in [3.63, 3.8) is 0 Å². The summed E-state index contributed by atoms with van der Waals surface area (Å²) in [4.78, 5) is 0. The summed E-state index contributed by atoms with van der Waals surface area (Å²) < 4.78 is 45.1. The van der Waals surface area contributed by atoms with E-state index in [0.29, 0.717) is 11.1 Å². The molecular weight excluding hydrogens is 295 g/mol. The molecule has 0 aromatic heterocycles. The van der Waals surface area contributed by atoms with E-state index < -0.39 is 22.0 Å². The Labute approximate surface area is 155 Å². The first kappa shape index (κ1) is 19.2. The SMILES string of the molecule is N#Cc1ccc(CC(CCC[18F])S(=O)(=O)[O-])cc1.[K+]. The standard InChI is InChI=1S/C12H14FNO3S.K/c13-7-1-2-12(18(15,16)17)8-10-3-5-11(9-14)6-4-10;/h3-6,12H,1-2,7-8H2,(H,15,16,17);/q;+1/p-1/i13-1;. The number of alkyl halides is 1. The molecular formula is C12H13FKNO3S. The molecule has 1 rings (SSSR count). The third-order valence-electron chi connectivity index (χ3n) is 2.61. The molecule has 0 radical (unpaired) electrons. The molecule has 7 heteroatoms. The number of hydrogen-bond acceptors (Lipinski definition) is 4. The van der Waals surface area contributed by atoms with E-state index >= 15 is 0 Å². The summed E-state index contributed by atoms with van der Waals surface area (Å²) in [6, 6.07) is 8.26. The third-order valence-corrected chi connectivity index (χ3v) is 3.83. The molecule has 0 spiro atoms. The van der Waals surface area contributed by atoms with Crippen LogP contribution in [0.25, 0.3) is 0 Å². The second kappa shape index (κ2) is 9.18. The van der Waals surface area contributed by atoms with Gasteiger partial charge in [0.15, 0.2) is 0 Å². The second-order valence-electron chi connectivity index (χ2n) is 3.96. The van der Waals surface area contributed by atoms with E-state index in [0.717, 1.165) is 0 Å². The van der Waals surface area contributed by atoms with Gasteiger partial charge in [-0.25, -0.2) is 8.42 Å². The third kappa shape index (κ3) is 6.95. The van der Waals surface area contributed by atoms with Crippen LogP contribution in [0.3, 0.4) is 0 Å². The monoisotopic (exact) mass is 308 g/mol. The molecule has 0 amide bonds. The van der Waals surface area contributed by atoms with Crippen LogP contribution in [0.1, 0.15) is 24.0 Å². The zero-order valence-corrected chi connectivity index (χ0v) is 14.6. The first-order valence-corrected chi connectivity index (χ1v) is 6.94. The maximum atomic E-state index is 12.0. The number of nitrogens with zero attached hydrogens (tertiary/aromatic N) is 1. The van der Waals surface area contributed by atoms with Crippen LogP contribution in [0.5, 0.6) is 0 Å². The summed E-state index contributed by atoms with van der Waals surface area (Å²) in [6.45, 7) is -0.639. The fourth-order valence-electron chi connectivity index (χ4n) is 1.63. The van der Waals surface area contributed by atoms with E-state index in [4.69, 9.17) is 5.26 Å². The van der Waals surface area contributed by atoms with Crippen molar-refractivity contribution in [2.75, 3.05) is 6.67 Å². The van der Waals surface area contributed by atoms with Gasteiger partial charge in [-0.05, 0) is 37.0 Å². The summed E-state index contributed by atoms with van der Waals surface area (Å²) in [6.07, 6.45) is 0.127. The summed E-state index contributed by atoms with van der Waals surface area (Å²) in [5, 5.41) is 7.51. The van der Waals surface area contributed by atoms with Gasteiger partial charge in [0.25, 0.3) is 0 Å². The van der Waals surface area contributed by atoms with Gasteiger partial charge in [-0.3, -0.25) is 4.39 Å². The van der Waals surface area contributed by atoms with Crippen LogP contribution in [-0.4, -0.2) is 24.9 Å². The average Bonchev–Trinajstić information content (AvgIpc) is 2.34. The van der Waals surface area contributed by atoms with Gasteiger partial charge in [-0.15, -0.1) is 0 Å². The predicted molar refractivity (Wildman–Crippen MR) is 63.6 cm³/mol. The summed E-state index contributed by atoms with van der Waals surface area (Å²) in [5.41, 5.74) is 1.11. The molecule has 1 atom stereocenters. The van der Waals surface area contributed by atoms with Crippen LogP contribution < -0.4 is 51.4 Å². The Morgan fingerprint density at radius 2 is 1.89 bits per heavy atom. The first-order valence-electron chi connectivity index (χ1n) is 5.47. The molecule has 1 aromatic rings. The maximum Gasteiger partial charge on any atom is 1.00 e. The molecule has 0 bridgehead atoms. The van der Waals surface area contributed by atoms with E-state index in [1.165, 1.54) is 0 Å². The van der Waals surface area contributed by atoms with E-state index in [9.17, 15) is 17.4 Å². The molecule has 1 unspecified atom stereocenters. The van der Waals surface area contributed by atoms with Crippen LogP contribution in [0, 0.1) is 11.3 Å². The topological polar surface area (TPSA) is 81.0 Å². The number of halogens is 1. The molecule has 0 aliphatic rings. The minimum absolute atomic E-state index is 0. The minimum atomic E-state index is -4.43.